The van der Waals surface area contributed by atoms with Crippen LogP contribution in [0.2, 0.25) is 0 Å². The normalized spacial score (nSPS) is 12.5. The molecule has 1 atom stereocenters. The number of hydrogen-bond acceptors (Lipinski definition) is 3. The summed E-state index contributed by atoms with van der Waals surface area (Å²) in [4.78, 5) is 16.5. The highest BCUT2D eigenvalue weighted by Gasteiger charge is 2.12. The fourth-order valence-corrected chi connectivity index (χ4v) is 2.77. The molecule has 124 valence electrons. The number of hydrogen-bond donors (Lipinski definition) is 1. The second-order valence-electron chi connectivity index (χ2n) is 5.43. The van der Waals surface area contributed by atoms with Gasteiger partial charge in [-0.25, -0.2) is 13.8 Å². The number of pyridine rings is 1. The van der Waals surface area contributed by atoms with Gasteiger partial charge in [-0.05, 0) is 41.1 Å². The monoisotopic (exact) mass is 393 g/mol. The first-order valence-electron chi connectivity index (χ1n) is 7.30. The molecule has 1 N–H and O–H groups in total. The molecule has 0 saturated heterocycles. The van der Waals surface area contributed by atoms with Crippen LogP contribution in [0.5, 0.6) is 0 Å². The molecule has 3 rings (SSSR count). The lowest BCUT2D eigenvalue weighted by molar-refractivity contribution is 0.515. The minimum absolute atomic E-state index is 0.196. The highest BCUT2D eigenvalue weighted by atomic mass is 79.9. The smallest absolute Gasteiger partial charge is 0.258 e. The van der Waals surface area contributed by atoms with Gasteiger partial charge in [0, 0.05) is 41.0 Å². The second-order valence-corrected chi connectivity index (χ2v) is 6.35. The molecular weight excluding hydrogens is 380 g/mol. The molecule has 24 heavy (non-hydrogen) atoms. The Morgan fingerprint density at radius 1 is 1.25 bits per heavy atom. The molecule has 0 unspecified atom stereocenters. The molecule has 0 bridgehead atoms. The van der Waals surface area contributed by atoms with Gasteiger partial charge in [-0.3, -0.25) is 9.20 Å². The van der Waals surface area contributed by atoms with Crippen molar-refractivity contribution in [3.63, 3.8) is 0 Å². The molecule has 0 radical (unpaired) electrons. The van der Waals surface area contributed by atoms with Crippen LogP contribution >= 0.6 is 15.9 Å². The van der Waals surface area contributed by atoms with Crippen molar-refractivity contribution in [1.29, 1.82) is 0 Å². The topological polar surface area (TPSA) is 46.4 Å². The minimum Gasteiger partial charge on any atom is -0.304 e. The highest BCUT2D eigenvalue weighted by molar-refractivity contribution is 9.10. The molecule has 1 aromatic carbocycles. The number of nitrogens with one attached hydrogen (secondary N) is 1. The van der Waals surface area contributed by atoms with Crippen LogP contribution in [0.1, 0.15) is 24.2 Å². The van der Waals surface area contributed by atoms with E-state index in [2.05, 4.69) is 26.2 Å². The third-order valence-electron chi connectivity index (χ3n) is 3.69. The molecule has 4 nitrogen and oxygen atoms in total. The summed E-state index contributed by atoms with van der Waals surface area (Å²) >= 11 is 3.31. The first-order chi connectivity index (χ1) is 11.4. The van der Waals surface area contributed by atoms with Gasteiger partial charge in [-0.2, -0.15) is 0 Å². The van der Waals surface area contributed by atoms with E-state index in [1.165, 1.54) is 22.6 Å². The number of halogens is 3. The standard InChI is InChI=1S/C17H14BrF2N3O/c1-10(14-4-3-12(19)6-15(14)20)21-8-13-7-17(24)23-9-11(18)2-5-16(23)22-13/h2-7,9-10,21H,8H2,1H3/t10-/m1/s1. The van der Waals surface area contributed by atoms with E-state index in [1.54, 1.807) is 25.3 Å². The Balaban J connectivity index is 1.80. The largest absolute Gasteiger partial charge is 0.304 e. The Bertz CT molecular complexity index is 958. The summed E-state index contributed by atoms with van der Waals surface area (Å²) in [6, 6.07) is 8.09. The van der Waals surface area contributed by atoms with Crippen LogP contribution in [0.15, 0.2) is 51.9 Å². The molecule has 0 aliphatic heterocycles. The zero-order valence-electron chi connectivity index (χ0n) is 12.8. The summed E-state index contributed by atoms with van der Waals surface area (Å²) in [6.07, 6.45) is 1.65. The molecule has 0 fully saturated rings. The molecule has 0 aliphatic carbocycles. The zero-order valence-corrected chi connectivity index (χ0v) is 14.3. The van der Waals surface area contributed by atoms with E-state index in [9.17, 15) is 13.6 Å². The van der Waals surface area contributed by atoms with Gasteiger partial charge in [0.1, 0.15) is 17.3 Å². The average molecular weight is 394 g/mol. The van der Waals surface area contributed by atoms with E-state index in [4.69, 9.17) is 0 Å². The fraction of sp³-hybridized carbons (Fsp3) is 0.176. The van der Waals surface area contributed by atoms with Crippen LogP contribution in [0.25, 0.3) is 5.65 Å². The number of benzene rings is 1. The average Bonchev–Trinajstić information content (AvgIpc) is 2.53. The van der Waals surface area contributed by atoms with E-state index in [0.29, 0.717) is 23.4 Å². The van der Waals surface area contributed by atoms with Crippen LogP contribution in [-0.4, -0.2) is 9.38 Å². The molecule has 0 saturated carbocycles. The summed E-state index contributed by atoms with van der Waals surface area (Å²) in [5, 5.41) is 3.10. The van der Waals surface area contributed by atoms with Crippen LogP contribution in [0.3, 0.4) is 0 Å². The van der Waals surface area contributed by atoms with Gasteiger partial charge in [-0.1, -0.05) is 6.07 Å². The van der Waals surface area contributed by atoms with Crippen LogP contribution in [-0.2, 0) is 6.54 Å². The van der Waals surface area contributed by atoms with Crippen molar-refractivity contribution in [2.24, 2.45) is 0 Å². The Kier molecular flexibility index (Phi) is 4.73. The lowest BCUT2D eigenvalue weighted by Crippen LogP contribution is -2.22. The van der Waals surface area contributed by atoms with Crippen molar-refractivity contribution >= 4 is 21.6 Å². The quantitative estimate of drug-likeness (QED) is 0.736. The lowest BCUT2D eigenvalue weighted by Gasteiger charge is -2.15. The molecular formula is C17H14BrF2N3O. The van der Waals surface area contributed by atoms with Crippen LogP contribution in [0.4, 0.5) is 8.78 Å². The summed E-state index contributed by atoms with van der Waals surface area (Å²) in [7, 11) is 0. The van der Waals surface area contributed by atoms with Gasteiger partial charge in [0.15, 0.2) is 0 Å². The maximum absolute atomic E-state index is 13.8. The number of aromatic nitrogens is 2. The van der Waals surface area contributed by atoms with Crippen molar-refractivity contribution in [2.75, 3.05) is 0 Å². The predicted molar refractivity (Wildman–Crippen MR) is 90.8 cm³/mol. The Morgan fingerprint density at radius 3 is 2.79 bits per heavy atom. The molecule has 7 heteroatoms. The van der Waals surface area contributed by atoms with Gasteiger partial charge < -0.3 is 5.32 Å². The highest BCUT2D eigenvalue weighted by Crippen LogP contribution is 2.18. The molecule has 2 aromatic heterocycles. The van der Waals surface area contributed by atoms with Gasteiger partial charge in [0.25, 0.3) is 5.56 Å². The zero-order chi connectivity index (χ0) is 17.3. The first-order valence-corrected chi connectivity index (χ1v) is 8.09. The number of fused-ring (bicyclic) bond motifs is 1. The minimum atomic E-state index is -0.612. The van der Waals surface area contributed by atoms with Crippen molar-refractivity contribution in [2.45, 2.75) is 19.5 Å². The third kappa shape index (κ3) is 3.52. The maximum atomic E-state index is 13.8. The van der Waals surface area contributed by atoms with Gasteiger partial charge in [0.05, 0.1) is 5.69 Å². The van der Waals surface area contributed by atoms with Crippen molar-refractivity contribution in [1.82, 2.24) is 14.7 Å². The number of nitrogens with zero attached hydrogens (tertiary/aromatic N) is 2. The van der Waals surface area contributed by atoms with Crippen molar-refractivity contribution in [3.8, 4) is 0 Å². The van der Waals surface area contributed by atoms with E-state index in [1.807, 2.05) is 0 Å². The molecule has 3 aromatic rings. The SMILES string of the molecule is C[C@@H](NCc1cc(=O)n2cc(Br)ccc2n1)c1ccc(F)cc1F. The lowest BCUT2D eigenvalue weighted by atomic mass is 10.1. The summed E-state index contributed by atoms with van der Waals surface area (Å²) in [6.45, 7) is 2.06. The molecule has 2 heterocycles. The van der Waals surface area contributed by atoms with Crippen molar-refractivity contribution in [3.05, 3.63) is 80.3 Å². The molecule has 0 amide bonds. The summed E-state index contributed by atoms with van der Waals surface area (Å²) in [5.41, 5.74) is 1.25. The Labute approximate surface area is 145 Å². The van der Waals surface area contributed by atoms with Crippen LogP contribution in [0, 0.1) is 11.6 Å². The van der Waals surface area contributed by atoms with Gasteiger partial charge in [0.2, 0.25) is 0 Å². The predicted octanol–water partition coefficient (Wildman–Crippen LogP) is 3.59. The van der Waals surface area contributed by atoms with Gasteiger partial charge in [-0.15, -0.1) is 0 Å². The van der Waals surface area contributed by atoms with E-state index < -0.39 is 11.6 Å². The van der Waals surface area contributed by atoms with E-state index >= 15 is 0 Å². The van der Waals surface area contributed by atoms with E-state index in [0.717, 1.165) is 10.5 Å². The first kappa shape index (κ1) is 16.7. The Hall–Kier alpha value is -2.12. The van der Waals surface area contributed by atoms with Crippen LogP contribution < -0.4 is 10.9 Å². The fourth-order valence-electron chi connectivity index (χ4n) is 2.44. The second kappa shape index (κ2) is 6.78. The van der Waals surface area contributed by atoms with Crippen molar-refractivity contribution < 1.29 is 8.78 Å². The number of rotatable bonds is 4. The maximum Gasteiger partial charge on any atom is 0.258 e. The Morgan fingerprint density at radius 2 is 2.04 bits per heavy atom. The van der Waals surface area contributed by atoms with Gasteiger partial charge >= 0.3 is 0 Å². The molecule has 0 aliphatic rings. The van der Waals surface area contributed by atoms with E-state index in [-0.39, 0.29) is 11.6 Å². The summed E-state index contributed by atoms with van der Waals surface area (Å²) < 4.78 is 29.0. The molecule has 0 spiro atoms. The summed E-state index contributed by atoms with van der Waals surface area (Å²) in [5.74, 6) is -1.22. The third-order valence-corrected chi connectivity index (χ3v) is 4.16.